The molecule has 0 saturated heterocycles. The van der Waals surface area contributed by atoms with Gasteiger partial charge in [0.1, 0.15) is 0 Å². The maximum Gasteiger partial charge on any atom is 0.435 e. The molecule has 5 unspecified atom stereocenters. The molecule has 0 radical (unpaired) electrons. The number of hydrogen-bond donors (Lipinski definition) is 1. The number of nitrogens with one attached hydrogen (secondary N) is 1. The zero-order chi connectivity index (χ0) is 19.2. The average molecular weight is 404 g/mol. The van der Waals surface area contributed by atoms with E-state index in [4.69, 9.17) is 0 Å². The van der Waals surface area contributed by atoms with Crippen LogP contribution < -0.4 is 5.32 Å². The number of aromatic nitrogens is 3. The summed E-state index contributed by atoms with van der Waals surface area (Å²) >= 11 is 1.48. The van der Waals surface area contributed by atoms with E-state index in [-0.39, 0.29) is 17.5 Å². The van der Waals surface area contributed by atoms with Crippen LogP contribution in [0.1, 0.15) is 48.0 Å². The second kappa shape index (κ2) is 5.49. The van der Waals surface area contributed by atoms with E-state index in [1.165, 1.54) is 33.6 Å². The Morgan fingerprint density at radius 2 is 2.04 bits per heavy atom. The van der Waals surface area contributed by atoms with E-state index in [0.29, 0.717) is 17.8 Å². The van der Waals surface area contributed by atoms with Crippen LogP contribution in [-0.2, 0) is 13.2 Å². The van der Waals surface area contributed by atoms with Gasteiger partial charge >= 0.3 is 6.18 Å². The van der Waals surface area contributed by atoms with Crippen molar-refractivity contribution in [2.45, 2.75) is 37.4 Å². The third-order valence-corrected chi connectivity index (χ3v) is 7.81. The summed E-state index contributed by atoms with van der Waals surface area (Å²) in [5.74, 6) is 1.47. The third-order valence-electron chi connectivity index (χ3n) is 7.05. The number of aryl methyl sites for hydroxylation is 1. The minimum atomic E-state index is -4.45. The summed E-state index contributed by atoms with van der Waals surface area (Å²) in [6.07, 6.45) is 2.42. The summed E-state index contributed by atoms with van der Waals surface area (Å²) < 4.78 is 47.9. The van der Waals surface area contributed by atoms with Crippen LogP contribution in [0.4, 0.5) is 18.9 Å². The van der Waals surface area contributed by atoms with Crippen molar-refractivity contribution in [3.63, 3.8) is 0 Å². The van der Waals surface area contributed by atoms with E-state index in [1.54, 1.807) is 13.2 Å². The van der Waals surface area contributed by atoms with Gasteiger partial charge in [-0.05, 0) is 72.2 Å². The van der Waals surface area contributed by atoms with E-state index in [9.17, 15) is 13.2 Å². The fourth-order valence-corrected chi connectivity index (χ4v) is 6.86. The maximum absolute atomic E-state index is 13.7. The highest BCUT2D eigenvalue weighted by Crippen LogP contribution is 2.65. The van der Waals surface area contributed by atoms with Gasteiger partial charge in [-0.15, -0.1) is 0 Å². The SMILES string of the molecule is Cn1cc(C2Nc3ccc4sncc4c3C3C4CCC(C4)C23)c(C(F)(F)F)n1. The largest absolute Gasteiger partial charge is 0.435 e. The van der Waals surface area contributed by atoms with Gasteiger partial charge in [-0.3, -0.25) is 4.68 Å². The van der Waals surface area contributed by atoms with E-state index in [2.05, 4.69) is 14.8 Å². The molecule has 0 spiro atoms. The number of hydrogen-bond acceptors (Lipinski definition) is 4. The van der Waals surface area contributed by atoms with Gasteiger partial charge in [-0.1, -0.05) is 0 Å². The molecule has 3 aromatic rings. The van der Waals surface area contributed by atoms with Crippen molar-refractivity contribution in [1.82, 2.24) is 14.2 Å². The summed E-state index contributed by atoms with van der Waals surface area (Å²) in [6, 6.07) is 3.69. The van der Waals surface area contributed by atoms with Gasteiger partial charge in [0.05, 0.1) is 10.7 Å². The molecule has 0 amide bonds. The van der Waals surface area contributed by atoms with Crippen molar-refractivity contribution in [1.29, 1.82) is 0 Å². The molecule has 1 aromatic carbocycles. The van der Waals surface area contributed by atoms with Crippen molar-refractivity contribution in [2.75, 3.05) is 5.32 Å². The standard InChI is InChI=1S/C20H19F3N4S/c1-27-8-12(19(26-27)20(21,22)23)18-16-10-3-2-9(6-10)15(16)17-11-7-24-28-14(11)5-4-13(17)25-18/h4-5,7-10,15-16,18,25H,2-3,6H2,1H3. The van der Waals surface area contributed by atoms with Gasteiger partial charge < -0.3 is 5.32 Å². The Bertz CT molecular complexity index is 1080. The van der Waals surface area contributed by atoms with E-state index >= 15 is 0 Å². The van der Waals surface area contributed by atoms with Crippen LogP contribution >= 0.6 is 11.5 Å². The predicted molar refractivity (Wildman–Crippen MR) is 101 cm³/mol. The molecule has 1 N–H and O–H groups in total. The molecule has 2 aliphatic carbocycles. The topological polar surface area (TPSA) is 42.7 Å². The Balaban J connectivity index is 1.56. The highest BCUT2D eigenvalue weighted by atomic mass is 32.1. The lowest BCUT2D eigenvalue weighted by molar-refractivity contribution is -0.142. The third kappa shape index (κ3) is 2.18. The fourth-order valence-electron chi connectivity index (χ4n) is 6.20. The Labute approximate surface area is 163 Å². The van der Waals surface area contributed by atoms with Crippen LogP contribution in [0, 0.1) is 17.8 Å². The second-order valence-electron chi connectivity index (χ2n) is 8.43. The lowest BCUT2D eigenvalue weighted by Crippen LogP contribution is -2.36. The van der Waals surface area contributed by atoms with Crippen molar-refractivity contribution in [3.8, 4) is 0 Å². The summed E-state index contributed by atoms with van der Waals surface area (Å²) in [5.41, 5.74) is 1.77. The Kier molecular flexibility index (Phi) is 3.30. The quantitative estimate of drug-likeness (QED) is 0.595. The molecular weight excluding hydrogens is 385 g/mol. The molecule has 8 heteroatoms. The van der Waals surface area contributed by atoms with E-state index in [1.807, 2.05) is 18.3 Å². The normalized spacial score (nSPS) is 31.1. The molecule has 3 heterocycles. The first-order valence-electron chi connectivity index (χ1n) is 9.66. The summed E-state index contributed by atoms with van der Waals surface area (Å²) in [6.45, 7) is 0. The molecule has 146 valence electrons. The Morgan fingerprint density at radius 1 is 1.21 bits per heavy atom. The van der Waals surface area contributed by atoms with Gasteiger partial charge in [-0.25, -0.2) is 0 Å². The fraction of sp³-hybridized carbons (Fsp3) is 0.500. The lowest BCUT2D eigenvalue weighted by Gasteiger charge is -2.43. The van der Waals surface area contributed by atoms with Crippen LogP contribution in [0.2, 0.25) is 0 Å². The van der Waals surface area contributed by atoms with Crippen molar-refractivity contribution in [2.24, 2.45) is 24.8 Å². The van der Waals surface area contributed by atoms with Gasteiger partial charge in [-0.2, -0.15) is 22.6 Å². The molecule has 2 aromatic heterocycles. The Morgan fingerprint density at radius 3 is 2.86 bits per heavy atom. The van der Waals surface area contributed by atoms with Crippen molar-refractivity contribution < 1.29 is 13.2 Å². The van der Waals surface area contributed by atoms with E-state index < -0.39 is 11.9 Å². The van der Waals surface area contributed by atoms with Gasteiger partial charge in [0.2, 0.25) is 0 Å². The molecule has 2 fully saturated rings. The van der Waals surface area contributed by atoms with Crippen LogP contribution in [0.25, 0.3) is 10.1 Å². The highest BCUT2D eigenvalue weighted by Gasteiger charge is 2.55. The molecular formula is C20H19F3N4S. The predicted octanol–water partition coefficient (Wildman–Crippen LogP) is 5.35. The molecule has 6 rings (SSSR count). The van der Waals surface area contributed by atoms with E-state index in [0.717, 1.165) is 23.2 Å². The number of alkyl halides is 3. The van der Waals surface area contributed by atoms with Crippen LogP contribution in [0.5, 0.6) is 0 Å². The van der Waals surface area contributed by atoms with Crippen LogP contribution in [0.15, 0.2) is 24.5 Å². The number of anilines is 1. The smallest absolute Gasteiger partial charge is 0.378 e. The zero-order valence-electron chi connectivity index (χ0n) is 15.2. The number of nitrogens with zero attached hydrogens (tertiary/aromatic N) is 3. The first-order chi connectivity index (χ1) is 13.4. The van der Waals surface area contributed by atoms with Crippen LogP contribution in [0.3, 0.4) is 0 Å². The summed E-state index contributed by atoms with van der Waals surface area (Å²) in [5, 5.41) is 8.44. The number of fused-ring (bicyclic) bond motifs is 9. The number of halogens is 3. The highest BCUT2D eigenvalue weighted by molar-refractivity contribution is 7.13. The number of benzene rings is 1. The monoisotopic (exact) mass is 404 g/mol. The molecule has 28 heavy (non-hydrogen) atoms. The maximum atomic E-state index is 13.7. The summed E-state index contributed by atoms with van der Waals surface area (Å²) in [4.78, 5) is 0. The van der Waals surface area contributed by atoms with Crippen molar-refractivity contribution >= 4 is 27.3 Å². The van der Waals surface area contributed by atoms with Crippen LogP contribution in [-0.4, -0.2) is 14.2 Å². The molecule has 3 aliphatic rings. The number of rotatable bonds is 1. The Hall–Kier alpha value is -2.09. The molecule has 1 aliphatic heterocycles. The minimum Gasteiger partial charge on any atom is -0.378 e. The van der Waals surface area contributed by atoms with Gasteiger partial charge in [0.15, 0.2) is 5.69 Å². The molecule has 2 bridgehead atoms. The lowest BCUT2D eigenvalue weighted by atomic mass is 9.67. The molecule has 5 atom stereocenters. The molecule has 2 saturated carbocycles. The summed E-state index contributed by atoms with van der Waals surface area (Å²) in [7, 11) is 1.56. The van der Waals surface area contributed by atoms with Gasteiger partial charge in [0.25, 0.3) is 0 Å². The van der Waals surface area contributed by atoms with Crippen molar-refractivity contribution in [3.05, 3.63) is 41.3 Å². The second-order valence-corrected chi connectivity index (χ2v) is 9.26. The van der Waals surface area contributed by atoms with Gasteiger partial charge in [0, 0.05) is 36.1 Å². The minimum absolute atomic E-state index is 0.169. The molecule has 4 nitrogen and oxygen atoms in total. The average Bonchev–Trinajstić information content (AvgIpc) is 3.42. The first kappa shape index (κ1) is 16.8. The first-order valence-corrected chi connectivity index (χ1v) is 10.4. The zero-order valence-corrected chi connectivity index (χ0v) is 16.0.